The summed E-state index contributed by atoms with van der Waals surface area (Å²) in [7, 11) is -1.42. The standard InChI is InChI=1S/C11H22N2O4S/c1-11(4-6-13(2)7-5-11)9-12-18(16,17)8-3-10(14)15/h12H,3-9H2,1-2H3,(H,14,15). The van der Waals surface area contributed by atoms with Gasteiger partial charge in [-0.25, -0.2) is 13.1 Å². The third-order valence-corrected chi connectivity index (χ3v) is 4.82. The van der Waals surface area contributed by atoms with Crippen molar-refractivity contribution >= 4 is 16.0 Å². The maximum Gasteiger partial charge on any atom is 0.304 e. The second-order valence-electron chi connectivity index (χ2n) is 5.40. The summed E-state index contributed by atoms with van der Waals surface area (Å²) in [5.41, 5.74) is -0.0250. The van der Waals surface area contributed by atoms with Crippen LogP contribution in [0.5, 0.6) is 0 Å². The van der Waals surface area contributed by atoms with Crippen molar-refractivity contribution in [3.63, 3.8) is 0 Å². The van der Waals surface area contributed by atoms with E-state index in [0.717, 1.165) is 25.9 Å². The normalized spacial score (nSPS) is 20.8. The fourth-order valence-electron chi connectivity index (χ4n) is 1.91. The minimum absolute atomic E-state index is 0.0250. The summed E-state index contributed by atoms with van der Waals surface area (Å²) in [5.74, 6) is -1.44. The van der Waals surface area contributed by atoms with Crippen molar-refractivity contribution in [2.24, 2.45) is 5.41 Å². The van der Waals surface area contributed by atoms with Gasteiger partial charge in [-0.05, 0) is 38.4 Å². The topological polar surface area (TPSA) is 86.7 Å². The molecule has 1 fully saturated rings. The number of likely N-dealkylation sites (tertiary alicyclic amines) is 1. The molecule has 0 aromatic rings. The predicted octanol–water partition coefficient (Wildman–Crippen LogP) is 0.112. The predicted molar refractivity (Wildman–Crippen MR) is 68.9 cm³/mol. The monoisotopic (exact) mass is 278 g/mol. The van der Waals surface area contributed by atoms with Gasteiger partial charge < -0.3 is 10.0 Å². The number of hydrogen-bond acceptors (Lipinski definition) is 4. The van der Waals surface area contributed by atoms with E-state index in [1.807, 2.05) is 0 Å². The molecule has 1 rings (SSSR count). The highest BCUT2D eigenvalue weighted by Gasteiger charge is 2.30. The molecule has 0 aromatic heterocycles. The van der Waals surface area contributed by atoms with Gasteiger partial charge in [-0.3, -0.25) is 4.79 Å². The van der Waals surface area contributed by atoms with Gasteiger partial charge in [-0.2, -0.15) is 0 Å². The van der Waals surface area contributed by atoms with Crippen LogP contribution < -0.4 is 4.72 Å². The summed E-state index contributed by atoms with van der Waals surface area (Å²) in [6, 6.07) is 0. The lowest BCUT2D eigenvalue weighted by molar-refractivity contribution is -0.136. The quantitative estimate of drug-likeness (QED) is 0.720. The Morgan fingerprint density at radius 1 is 1.39 bits per heavy atom. The van der Waals surface area contributed by atoms with Crippen LogP contribution in [0.3, 0.4) is 0 Å². The first-order chi connectivity index (χ1) is 8.22. The third kappa shape index (κ3) is 5.32. The molecule has 0 saturated carbocycles. The van der Waals surface area contributed by atoms with Gasteiger partial charge in [0.05, 0.1) is 12.2 Å². The van der Waals surface area contributed by atoms with Crippen LogP contribution >= 0.6 is 0 Å². The first-order valence-corrected chi connectivity index (χ1v) is 7.75. The second kappa shape index (κ2) is 5.99. The first-order valence-electron chi connectivity index (χ1n) is 6.10. The Kier molecular flexibility index (Phi) is 5.12. The molecule has 0 aromatic carbocycles. The Hall–Kier alpha value is -0.660. The number of carbonyl (C=O) groups is 1. The molecule has 1 aliphatic rings. The van der Waals surface area contributed by atoms with E-state index >= 15 is 0 Å². The van der Waals surface area contributed by atoms with Gasteiger partial charge in [0.1, 0.15) is 0 Å². The smallest absolute Gasteiger partial charge is 0.304 e. The number of sulfonamides is 1. The van der Waals surface area contributed by atoms with E-state index in [4.69, 9.17) is 5.11 Å². The van der Waals surface area contributed by atoms with Gasteiger partial charge in [-0.15, -0.1) is 0 Å². The first kappa shape index (κ1) is 15.4. The van der Waals surface area contributed by atoms with E-state index in [1.54, 1.807) is 0 Å². The van der Waals surface area contributed by atoms with E-state index < -0.39 is 16.0 Å². The largest absolute Gasteiger partial charge is 0.481 e. The van der Waals surface area contributed by atoms with Crippen molar-refractivity contribution < 1.29 is 18.3 Å². The fourth-order valence-corrected chi connectivity index (χ4v) is 3.07. The average molecular weight is 278 g/mol. The number of carboxylic acid groups (broad SMARTS) is 1. The maximum absolute atomic E-state index is 11.6. The molecule has 1 saturated heterocycles. The molecule has 0 aliphatic carbocycles. The Bertz CT molecular complexity index is 386. The number of hydrogen-bond donors (Lipinski definition) is 2. The van der Waals surface area contributed by atoms with Crippen LogP contribution in [0.4, 0.5) is 0 Å². The lowest BCUT2D eigenvalue weighted by Gasteiger charge is -2.37. The Balaban J connectivity index is 2.41. The van der Waals surface area contributed by atoms with Crippen LogP contribution in [0.1, 0.15) is 26.2 Å². The zero-order valence-corrected chi connectivity index (χ0v) is 11.8. The molecule has 0 bridgehead atoms. The van der Waals surface area contributed by atoms with Gasteiger partial charge in [0.2, 0.25) is 10.0 Å². The molecule has 0 atom stereocenters. The summed E-state index contributed by atoms with van der Waals surface area (Å²) in [6.45, 7) is 4.39. The molecular formula is C11H22N2O4S. The summed E-state index contributed by atoms with van der Waals surface area (Å²) in [4.78, 5) is 12.6. The Morgan fingerprint density at radius 3 is 2.44 bits per heavy atom. The van der Waals surface area contributed by atoms with E-state index in [9.17, 15) is 13.2 Å². The lowest BCUT2D eigenvalue weighted by atomic mass is 9.81. The molecule has 0 spiro atoms. The van der Waals surface area contributed by atoms with Crippen molar-refractivity contribution in [2.45, 2.75) is 26.2 Å². The van der Waals surface area contributed by atoms with E-state index in [1.165, 1.54) is 0 Å². The highest BCUT2D eigenvalue weighted by molar-refractivity contribution is 7.89. The van der Waals surface area contributed by atoms with Crippen molar-refractivity contribution in [3.05, 3.63) is 0 Å². The summed E-state index contributed by atoms with van der Waals surface area (Å²) < 4.78 is 25.7. The molecule has 7 heteroatoms. The van der Waals surface area contributed by atoms with Gasteiger partial charge >= 0.3 is 5.97 Å². The third-order valence-electron chi connectivity index (χ3n) is 3.50. The molecule has 0 amide bonds. The maximum atomic E-state index is 11.6. The number of nitrogens with zero attached hydrogens (tertiary/aromatic N) is 1. The summed E-state index contributed by atoms with van der Waals surface area (Å²) >= 11 is 0. The highest BCUT2D eigenvalue weighted by atomic mass is 32.2. The number of aliphatic carboxylic acids is 1. The van der Waals surface area contributed by atoms with Crippen LogP contribution in [0, 0.1) is 5.41 Å². The molecule has 18 heavy (non-hydrogen) atoms. The van der Waals surface area contributed by atoms with Gasteiger partial charge in [0, 0.05) is 6.54 Å². The SMILES string of the molecule is CN1CCC(C)(CNS(=O)(=O)CCC(=O)O)CC1. The van der Waals surface area contributed by atoms with Crippen LogP contribution in [0.2, 0.25) is 0 Å². The minimum atomic E-state index is -3.47. The highest BCUT2D eigenvalue weighted by Crippen LogP contribution is 2.29. The molecular weight excluding hydrogens is 256 g/mol. The lowest BCUT2D eigenvalue weighted by Crippen LogP contribution is -2.44. The minimum Gasteiger partial charge on any atom is -0.481 e. The molecule has 2 N–H and O–H groups in total. The fraction of sp³-hybridized carbons (Fsp3) is 0.909. The zero-order valence-electron chi connectivity index (χ0n) is 11.0. The van der Waals surface area contributed by atoms with Crippen molar-refractivity contribution in [1.82, 2.24) is 9.62 Å². The molecule has 6 nitrogen and oxygen atoms in total. The average Bonchev–Trinajstić information content (AvgIpc) is 2.29. The zero-order chi connectivity index (χ0) is 13.8. The second-order valence-corrected chi connectivity index (χ2v) is 7.32. The van der Waals surface area contributed by atoms with E-state index in [-0.39, 0.29) is 17.6 Å². The van der Waals surface area contributed by atoms with E-state index in [0.29, 0.717) is 6.54 Å². The molecule has 0 unspecified atom stereocenters. The Morgan fingerprint density at radius 2 is 1.94 bits per heavy atom. The summed E-state index contributed by atoms with van der Waals surface area (Å²) in [6.07, 6.45) is 1.55. The number of nitrogens with one attached hydrogen (secondary N) is 1. The Labute approximate surface area is 108 Å². The van der Waals surface area contributed by atoms with Crippen molar-refractivity contribution in [2.75, 3.05) is 32.4 Å². The van der Waals surface area contributed by atoms with Crippen LogP contribution in [0.15, 0.2) is 0 Å². The number of rotatable bonds is 6. The van der Waals surface area contributed by atoms with Crippen molar-refractivity contribution in [1.29, 1.82) is 0 Å². The number of carboxylic acids is 1. The van der Waals surface area contributed by atoms with Crippen molar-refractivity contribution in [3.8, 4) is 0 Å². The molecule has 0 radical (unpaired) electrons. The van der Waals surface area contributed by atoms with E-state index in [2.05, 4.69) is 23.6 Å². The molecule has 1 heterocycles. The van der Waals surface area contributed by atoms with Crippen LogP contribution in [0.25, 0.3) is 0 Å². The van der Waals surface area contributed by atoms with Gasteiger partial charge in [0.15, 0.2) is 0 Å². The van der Waals surface area contributed by atoms with Gasteiger partial charge in [0.25, 0.3) is 0 Å². The van der Waals surface area contributed by atoms with Gasteiger partial charge in [-0.1, -0.05) is 6.92 Å². The van der Waals surface area contributed by atoms with Crippen LogP contribution in [-0.2, 0) is 14.8 Å². The molecule has 1 aliphatic heterocycles. The summed E-state index contributed by atoms with van der Waals surface area (Å²) in [5, 5.41) is 8.48. The van der Waals surface area contributed by atoms with Crippen LogP contribution in [-0.4, -0.2) is 56.8 Å². The number of piperidine rings is 1. The molecule has 106 valence electrons.